The topological polar surface area (TPSA) is 68.2 Å². The van der Waals surface area contributed by atoms with Crippen LogP contribution in [0.3, 0.4) is 0 Å². The number of para-hydroxylation sites is 1. The number of aryl methyl sites for hydroxylation is 2. The van der Waals surface area contributed by atoms with Crippen LogP contribution in [0.15, 0.2) is 24.4 Å². The number of benzene rings is 1. The first-order valence-electron chi connectivity index (χ1n) is 6.51. The molecule has 1 atom stereocenters. The van der Waals surface area contributed by atoms with Gasteiger partial charge in [-0.15, -0.1) is 0 Å². The Kier molecular flexibility index (Phi) is 3.90. The maximum atomic E-state index is 11.2. The number of carbonyl (C=O) groups is 1. The Balaban J connectivity index is 2.40. The molecule has 0 bridgehead atoms. The molecule has 1 unspecified atom stereocenters. The molecule has 0 fully saturated rings. The fourth-order valence-corrected chi connectivity index (χ4v) is 2.70. The molecular formula is C15H20N2O2. The van der Waals surface area contributed by atoms with Crippen LogP contribution in [0.25, 0.3) is 10.9 Å². The van der Waals surface area contributed by atoms with Crippen LogP contribution < -0.4 is 5.73 Å². The predicted octanol–water partition coefficient (Wildman–Crippen LogP) is 2.08. The number of aliphatic carboxylic acids is 1. The van der Waals surface area contributed by atoms with E-state index in [1.54, 1.807) is 0 Å². The molecule has 0 saturated carbocycles. The van der Waals surface area contributed by atoms with Crippen molar-refractivity contribution in [2.75, 3.05) is 6.54 Å². The number of nitrogens with two attached hydrogens (primary N) is 1. The van der Waals surface area contributed by atoms with Crippen molar-refractivity contribution in [1.82, 2.24) is 4.57 Å². The summed E-state index contributed by atoms with van der Waals surface area (Å²) in [5.41, 5.74) is 8.96. The van der Waals surface area contributed by atoms with Crippen molar-refractivity contribution in [2.45, 2.75) is 19.8 Å². The largest absolute Gasteiger partial charge is 0.481 e. The average Bonchev–Trinajstić information content (AvgIpc) is 2.67. The maximum Gasteiger partial charge on any atom is 0.306 e. The Labute approximate surface area is 112 Å². The maximum absolute atomic E-state index is 11.2. The van der Waals surface area contributed by atoms with Crippen molar-refractivity contribution in [1.29, 1.82) is 0 Å². The Hall–Kier alpha value is -1.81. The van der Waals surface area contributed by atoms with Crippen LogP contribution in [0.4, 0.5) is 0 Å². The zero-order valence-electron chi connectivity index (χ0n) is 11.4. The fraction of sp³-hybridized carbons (Fsp3) is 0.400. The van der Waals surface area contributed by atoms with Crippen LogP contribution in [0.5, 0.6) is 0 Å². The molecule has 0 aliphatic rings. The number of aromatic nitrogens is 1. The van der Waals surface area contributed by atoms with E-state index in [-0.39, 0.29) is 0 Å². The van der Waals surface area contributed by atoms with Gasteiger partial charge in [0.25, 0.3) is 0 Å². The third-order valence-electron chi connectivity index (χ3n) is 3.62. The van der Waals surface area contributed by atoms with Crippen LogP contribution in [0.1, 0.15) is 17.5 Å². The molecule has 0 saturated heterocycles. The van der Waals surface area contributed by atoms with E-state index in [0.29, 0.717) is 19.4 Å². The molecule has 1 heterocycles. The van der Waals surface area contributed by atoms with Gasteiger partial charge in [-0.05, 0) is 37.4 Å². The SMILES string of the molecule is Cc1cccc2c(CC(CCN)C(=O)O)cn(C)c12. The molecule has 19 heavy (non-hydrogen) atoms. The second-order valence-corrected chi connectivity index (χ2v) is 5.05. The molecule has 0 radical (unpaired) electrons. The number of rotatable bonds is 5. The average molecular weight is 260 g/mol. The van der Waals surface area contributed by atoms with E-state index in [2.05, 4.69) is 23.6 Å². The highest BCUT2D eigenvalue weighted by Crippen LogP contribution is 2.26. The van der Waals surface area contributed by atoms with Crippen molar-refractivity contribution in [3.8, 4) is 0 Å². The number of hydrogen-bond acceptors (Lipinski definition) is 2. The van der Waals surface area contributed by atoms with Crippen molar-refractivity contribution < 1.29 is 9.90 Å². The summed E-state index contributed by atoms with van der Waals surface area (Å²) in [5, 5.41) is 10.4. The summed E-state index contributed by atoms with van der Waals surface area (Å²) in [6, 6.07) is 6.14. The quantitative estimate of drug-likeness (QED) is 0.864. The van der Waals surface area contributed by atoms with Gasteiger partial charge in [0.2, 0.25) is 0 Å². The highest BCUT2D eigenvalue weighted by molar-refractivity contribution is 5.87. The molecule has 2 aromatic rings. The van der Waals surface area contributed by atoms with E-state index in [9.17, 15) is 9.90 Å². The first-order chi connectivity index (χ1) is 9.04. The lowest BCUT2D eigenvalue weighted by molar-refractivity contribution is -0.141. The van der Waals surface area contributed by atoms with Gasteiger partial charge in [0.15, 0.2) is 0 Å². The first-order valence-corrected chi connectivity index (χ1v) is 6.51. The van der Waals surface area contributed by atoms with Gasteiger partial charge < -0.3 is 15.4 Å². The zero-order chi connectivity index (χ0) is 14.0. The van der Waals surface area contributed by atoms with Crippen molar-refractivity contribution in [3.05, 3.63) is 35.5 Å². The van der Waals surface area contributed by atoms with Gasteiger partial charge >= 0.3 is 5.97 Å². The molecule has 102 valence electrons. The number of nitrogens with zero attached hydrogens (tertiary/aromatic N) is 1. The van der Waals surface area contributed by atoms with Crippen molar-refractivity contribution in [2.24, 2.45) is 18.7 Å². The lowest BCUT2D eigenvalue weighted by Crippen LogP contribution is -2.20. The molecule has 4 heteroatoms. The van der Waals surface area contributed by atoms with Crippen LogP contribution in [0.2, 0.25) is 0 Å². The molecular weight excluding hydrogens is 240 g/mol. The van der Waals surface area contributed by atoms with Gasteiger partial charge in [0.05, 0.1) is 11.4 Å². The van der Waals surface area contributed by atoms with Crippen LogP contribution in [-0.4, -0.2) is 22.2 Å². The van der Waals surface area contributed by atoms with Gasteiger partial charge in [0, 0.05) is 18.6 Å². The monoisotopic (exact) mass is 260 g/mol. The van der Waals surface area contributed by atoms with Crippen LogP contribution in [0, 0.1) is 12.8 Å². The van der Waals surface area contributed by atoms with Crippen LogP contribution >= 0.6 is 0 Å². The van der Waals surface area contributed by atoms with Crippen molar-refractivity contribution >= 4 is 16.9 Å². The van der Waals surface area contributed by atoms with Crippen molar-refractivity contribution in [3.63, 3.8) is 0 Å². The van der Waals surface area contributed by atoms with Gasteiger partial charge in [-0.3, -0.25) is 4.79 Å². The summed E-state index contributed by atoms with van der Waals surface area (Å²) in [6.07, 6.45) is 3.08. The summed E-state index contributed by atoms with van der Waals surface area (Å²) in [7, 11) is 2.00. The van der Waals surface area contributed by atoms with E-state index >= 15 is 0 Å². The molecule has 0 aliphatic heterocycles. The number of hydrogen-bond donors (Lipinski definition) is 2. The molecule has 4 nitrogen and oxygen atoms in total. The standard InChI is InChI=1S/C15H20N2O2/c1-10-4-3-5-13-12(9-17(2)14(10)13)8-11(6-7-16)15(18)19/h3-5,9,11H,6-8,16H2,1-2H3,(H,18,19). The van der Waals surface area contributed by atoms with E-state index in [0.717, 1.165) is 10.9 Å². The third-order valence-corrected chi connectivity index (χ3v) is 3.62. The lowest BCUT2D eigenvalue weighted by atomic mass is 9.95. The summed E-state index contributed by atoms with van der Waals surface area (Å²) in [4.78, 5) is 11.2. The van der Waals surface area contributed by atoms with Crippen LogP contribution in [-0.2, 0) is 18.3 Å². The molecule has 0 amide bonds. The van der Waals surface area contributed by atoms with Gasteiger partial charge in [-0.1, -0.05) is 18.2 Å². The molecule has 0 spiro atoms. The fourth-order valence-electron chi connectivity index (χ4n) is 2.70. The number of carboxylic acid groups (broad SMARTS) is 1. The molecule has 0 aliphatic carbocycles. The van der Waals surface area contributed by atoms with Gasteiger partial charge in [-0.25, -0.2) is 0 Å². The number of carboxylic acids is 1. The Morgan fingerprint density at radius 1 is 1.47 bits per heavy atom. The van der Waals surface area contributed by atoms with Gasteiger partial charge in [-0.2, -0.15) is 0 Å². The summed E-state index contributed by atoms with van der Waals surface area (Å²) in [6.45, 7) is 2.47. The third kappa shape index (κ3) is 2.63. The first kappa shape index (κ1) is 13.6. The van der Waals surface area contributed by atoms with E-state index in [1.165, 1.54) is 11.1 Å². The van der Waals surface area contributed by atoms with E-state index in [1.807, 2.05) is 19.3 Å². The van der Waals surface area contributed by atoms with E-state index in [4.69, 9.17) is 5.73 Å². The Morgan fingerprint density at radius 2 is 2.21 bits per heavy atom. The highest BCUT2D eigenvalue weighted by atomic mass is 16.4. The second kappa shape index (κ2) is 5.45. The minimum Gasteiger partial charge on any atom is -0.481 e. The van der Waals surface area contributed by atoms with E-state index < -0.39 is 11.9 Å². The van der Waals surface area contributed by atoms with Gasteiger partial charge in [0.1, 0.15) is 0 Å². The zero-order valence-corrected chi connectivity index (χ0v) is 11.4. The Bertz CT molecular complexity index is 601. The lowest BCUT2D eigenvalue weighted by Gasteiger charge is -2.10. The number of fused-ring (bicyclic) bond motifs is 1. The predicted molar refractivity (Wildman–Crippen MR) is 76.2 cm³/mol. The molecule has 2 rings (SSSR count). The normalized spacial score (nSPS) is 12.8. The minimum absolute atomic E-state index is 0.404. The summed E-state index contributed by atoms with van der Waals surface area (Å²) in [5.74, 6) is -1.17. The summed E-state index contributed by atoms with van der Waals surface area (Å²) < 4.78 is 2.07. The molecule has 3 N–H and O–H groups in total. The molecule has 1 aromatic heterocycles. The smallest absolute Gasteiger partial charge is 0.306 e. The minimum atomic E-state index is -0.768. The second-order valence-electron chi connectivity index (χ2n) is 5.05. The Morgan fingerprint density at radius 3 is 2.84 bits per heavy atom. The summed E-state index contributed by atoms with van der Waals surface area (Å²) >= 11 is 0. The highest BCUT2D eigenvalue weighted by Gasteiger charge is 2.19. The molecule has 1 aromatic carbocycles.